The lowest BCUT2D eigenvalue weighted by atomic mass is 9.84. The summed E-state index contributed by atoms with van der Waals surface area (Å²) in [6, 6.07) is 15.3. The number of rotatable bonds is 4. The van der Waals surface area contributed by atoms with Gasteiger partial charge in [-0.1, -0.05) is 145 Å². The van der Waals surface area contributed by atoms with Gasteiger partial charge in [-0.15, -0.1) is 0 Å². The van der Waals surface area contributed by atoms with Gasteiger partial charge in [0.2, 0.25) is 0 Å². The van der Waals surface area contributed by atoms with Crippen molar-refractivity contribution in [3.8, 4) is 44.5 Å². The molecule has 1 heteroatoms. The van der Waals surface area contributed by atoms with E-state index in [1.165, 1.54) is 0 Å². The van der Waals surface area contributed by atoms with Crippen LogP contribution >= 0.6 is 0 Å². The van der Waals surface area contributed by atoms with E-state index >= 15 is 0 Å². The highest BCUT2D eigenvalue weighted by Crippen LogP contribution is 2.46. The minimum atomic E-state index is -0.694. The molecule has 0 N–H and O–H groups in total. The van der Waals surface area contributed by atoms with E-state index in [0.717, 1.165) is 0 Å². The predicted molar refractivity (Wildman–Crippen MR) is 190 cm³/mol. The van der Waals surface area contributed by atoms with Crippen LogP contribution in [0.1, 0.15) is 20.6 Å². The van der Waals surface area contributed by atoms with Crippen LogP contribution in [0, 0.1) is 0 Å². The lowest BCUT2D eigenvalue weighted by Crippen LogP contribution is -1.92. The Morgan fingerprint density at radius 2 is 0.867 bits per heavy atom. The third-order valence-corrected chi connectivity index (χ3v) is 7.94. The summed E-state index contributed by atoms with van der Waals surface area (Å²) < 4.78 is 139. The van der Waals surface area contributed by atoms with Gasteiger partial charge in [0.15, 0.2) is 0 Å². The molecule has 0 aliphatic carbocycles. The summed E-state index contributed by atoms with van der Waals surface area (Å²) in [6.45, 7) is 0. The summed E-state index contributed by atoms with van der Waals surface area (Å²) in [5.74, 6) is 0. The van der Waals surface area contributed by atoms with Crippen LogP contribution in [-0.2, 0) is 0 Å². The molecule has 0 aliphatic rings. The van der Waals surface area contributed by atoms with Crippen molar-refractivity contribution in [3.63, 3.8) is 0 Å². The molecule has 0 saturated carbocycles. The van der Waals surface area contributed by atoms with Gasteiger partial charge >= 0.3 is 0 Å². The van der Waals surface area contributed by atoms with Gasteiger partial charge < -0.3 is 4.42 Å². The number of hydrogen-bond acceptors (Lipinski definition) is 1. The van der Waals surface area contributed by atoms with Crippen molar-refractivity contribution in [1.29, 1.82) is 0 Å². The second-order valence-electron chi connectivity index (χ2n) is 10.5. The van der Waals surface area contributed by atoms with E-state index in [9.17, 15) is 5.48 Å². The zero-order valence-electron chi connectivity index (χ0n) is 38.4. The molecule has 0 aliphatic heterocycles. The molecule has 1 heterocycles. The summed E-state index contributed by atoms with van der Waals surface area (Å²) in [7, 11) is 0. The molecular weight excluding hydrogens is 544 g/mol. The second kappa shape index (κ2) is 10.4. The second-order valence-corrected chi connectivity index (χ2v) is 10.5. The summed E-state index contributed by atoms with van der Waals surface area (Å²) in [5, 5.41) is 1.69. The highest BCUT2D eigenvalue weighted by molar-refractivity contribution is 6.23. The molecule has 1 nitrogen and oxygen atoms in total. The van der Waals surface area contributed by atoms with E-state index in [-0.39, 0.29) is 51.2 Å². The number of hydrogen-bond donors (Lipinski definition) is 0. The van der Waals surface area contributed by atoms with E-state index in [4.69, 9.17) is 19.5 Å². The Kier molecular flexibility index (Phi) is 3.39. The van der Waals surface area contributed by atoms with E-state index in [1.54, 1.807) is 72.8 Å². The van der Waals surface area contributed by atoms with Crippen molar-refractivity contribution in [1.82, 2.24) is 0 Å². The maximum Gasteiger partial charge on any atom is 0.136 e. The Morgan fingerprint density at radius 1 is 0.356 bits per heavy atom. The van der Waals surface area contributed by atoms with Crippen LogP contribution in [0.15, 0.2) is 174 Å². The molecule has 0 saturated heterocycles. The molecule has 0 fully saturated rings. The number of benzene rings is 8. The standard InChI is InChI=1S/C44H28O/c1-3-13-29(14-4-1)31-23-25-34-35-26-24-32(28-42(35)45-41(34)27-31)43-37-19-9-11-21-39(37)44(40-22-12-10-20-38(40)43)36-18-8-7-17-33(36)30-15-5-2-6-16-30/h1-28H/i1D,3D,4D,7D,8D,13D,14D,17D,18D,23D,24D,25D,26D,27D,28D. The fourth-order valence-corrected chi connectivity index (χ4v) is 6.00. The van der Waals surface area contributed by atoms with Crippen molar-refractivity contribution >= 4 is 43.5 Å². The molecule has 0 unspecified atom stereocenters. The monoisotopic (exact) mass is 587 g/mol. The lowest BCUT2D eigenvalue weighted by molar-refractivity contribution is 0.669. The SMILES string of the molecule is [2H]c1c([2H])c([2H])c(-c2c([2H])c([2H])c3c(oc4c([2H])c(-c5c6ccccc6c(-c6c([2H])c([2H])c([2H])c([2H])c6-c6ccccc6)c6ccccc56)c([2H])c([2H])c43)c2[2H])c([2H])c1[2H]. The predicted octanol–water partition coefficient (Wildman–Crippen LogP) is 12.6. The average Bonchev–Trinajstić information content (AvgIpc) is 3.67. The first-order valence-corrected chi connectivity index (χ1v) is 14.2. The molecule has 0 radical (unpaired) electrons. The molecule has 0 bridgehead atoms. The van der Waals surface area contributed by atoms with Crippen LogP contribution in [-0.4, -0.2) is 0 Å². The molecule has 8 aromatic carbocycles. The summed E-state index contributed by atoms with van der Waals surface area (Å²) in [4.78, 5) is 0. The molecule has 9 aromatic rings. The Morgan fingerprint density at radius 3 is 1.51 bits per heavy atom. The molecule has 210 valence electrons. The molecule has 45 heavy (non-hydrogen) atoms. The van der Waals surface area contributed by atoms with Crippen molar-refractivity contribution in [2.45, 2.75) is 0 Å². The van der Waals surface area contributed by atoms with E-state index in [2.05, 4.69) is 0 Å². The van der Waals surface area contributed by atoms with Crippen molar-refractivity contribution < 1.29 is 25.0 Å². The molecule has 0 spiro atoms. The maximum atomic E-state index is 9.64. The van der Waals surface area contributed by atoms with E-state index in [0.29, 0.717) is 43.8 Å². The van der Waals surface area contributed by atoms with Crippen LogP contribution in [0.25, 0.3) is 88.0 Å². The maximum absolute atomic E-state index is 9.64. The molecule has 9 rings (SSSR count). The van der Waals surface area contributed by atoms with Gasteiger partial charge in [-0.3, -0.25) is 0 Å². The third-order valence-electron chi connectivity index (χ3n) is 7.94. The quantitative estimate of drug-likeness (QED) is 0.187. The first-order chi connectivity index (χ1) is 28.6. The number of fused-ring (bicyclic) bond motifs is 5. The normalized spacial score (nSPS) is 16.2. The summed E-state index contributed by atoms with van der Waals surface area (Å²) in [5.41, 5.74) is 0.394. The van der Waals surface area contributed by atoms with Crippen LogP contribution in [0.3, 0.4) is 0 Å². The fourth-order valence-electron chi connectivity index (χ4n) is 6.00. The van der Waals surface area contributed by atoms with Crippen molar-refractivity contribution in [2.75, 3.05) is 0 Å². The number of furan rings is 1. The van der Waals surface area contributed by atoms with Gasteiger partial charge in [0, 0.05) is 10.8 Å². The van der Waals surface area contributed by atoms with Crippen molar-refractivity contribution in [2.24, 2.45) is 0 Å². The topological polar surface area (TPSA) is 13.1 Å². The lowest BCUT2D eigenvalue weighted by Gasteiger charge is -2.19. The first kappa shape index (κ1) is 14.7. The Hall–Kier alpha value is -5.92. The zero-order chi connectivity index (χ0) is 42.8. The minimum absolute atomic E-state index is 0.0289. The van der Waals surface area contributed by atoms with Gasteiger partial charge in [0.05, 0.1) is 20.6 Å². The summed E-state index contributed by atoms with van der Waals surface area (Å²) >= 11 is 0. The molecule has 0 atom stereocenters. The van der Waals surface area contributed by atoms with Gasteiger partial charge in [-0.05, 0) is 90.2 Å². The third kappa shape index (κ3) is 4.17. The van der Waals surface area contributed by atoms with E-state index < -0.39 is 83.6 Å². The van der Waals surface area contributed by atoms with E-state index in [1.807, 2.05) is 6.07 Å². The highest BCUT2D eigenvalue weighted by Gasteiger charge is 2.19. The van der Waals surface area contributed by atoms with Gasteiger partial charge in [0.25, 0.3) is 0 Å². The molecular formula is C44H28O. The molecule has 0 amide bonds. The van der Waals surface area contributed by atoms with Crippen LogP contribution in [0.2, 0.25) is 0 Å². The fraction of sp³-hybridized carbons (Fsp3) is 0. The van der Waals surface area contributed by atoms with Gasteiger partial charge in [0.1, 0.15) is 11.2 Å². The van der Waals surface area contributed by atoms with Gasteiger partial charge in [-0.25, -0.2) is 0 Å². The average molecular weight is 588 g/mol. The molecule has 1 aromatic heterocycles. The minimum Gasteiger partial charge on any atom is -0.456 e. The van der Waals surface area contributed by atoms with Crippen LogP contribution in [0.4, 0.5) is 0 Å². The van der Waals surface area contributed by atoms with Crippen LogP contribution in [0.5, 0.6) is 0 Å². The Bertz CT molecular complexity index is 3290. The highest BCUT2D eigenvalue weighted by atomic mass is 16.3. The first-order valence-electron chi connectivity index (χ1n) is 21.7. The Balaban J connectivity index is 1.41. The van der Waals surface area contributed by atoms with Crippen LogP contribution < -0.4 is 0 Å². The smallest absolute Gasteiger partial charge is 0.136 e. The van der Waals surface area contributed by atoms with Gasteiger partial charge in [-0.2, -0.15) is 0 Å². The Labute approximate surface area is 282 Å². The zero-order valence-corrected chi connectivity index (χ0v) is 23.4. The summed E-state index contributed by atoms with van der Waals surface area (Å²) in [6.07, 6.45) is 0. The largest absolute Gasteiger partial charge is 0.456 e. The van der Waals surface area contributed by atoms with Crippen molar-refractivity contribution in [3.05, 3.63) is 169 Å².